The second kappa shape index (κ2) is 11.0. The third-order valence-corrected chi connectivity index (χ3v) is 1.80. The minimum absolute atomic E-state index is 0.739. The predicted molar refractivity (Wildman–Crippen MR) is 59.1 cm³/mol. The Morgan fingerprint density at radius 2 is 1.39 bits per heavy atom. The zero-order valence-corrected chi connectivity index (χ0v) is 10.6. The number of hydrogen-bond donors (Lipinski definition) is 0. The molecule has 0 aromatic carbocycles. The molecule has 0 aromatic rings. The van der Waals surface area contributed by atoms with Crippen molar-refractivity contribution in [3.05, 3.63) is 0 Å². The van der Waals surface area contributed by atoms with Crippen LogP contribution in [0.2, 0.25) is 0 Å². The highest BCUT2D eigenvalue weighted by atomic mass is 19.1. The predicted octanol–water partition coefficient (Wildman–Crippen LogP) is -1.36. The molecule has 104 valence electrons. The maximum Gasteiger partial charge on any atom is 0.484 e. The van der Waals surface area contributed by atoms with Crippen LogP contribution < -0.4 is 10.0 Å². The first kappa shape index (κ1) is 16.9. The molecule has 2 aliphatic heterocycles. The fraction of sp³-hybridized carbons (Fsp3) is 0.800. The van der Waals surface area contributed by atoms with Gasteiger partial charge in [0.2, 0.25) is 26.4 Å². The molecule has 8 heteroatoms. The van der Waals surface area contributed by atoms with Gasteiger partial charge in [-0.25, -0.2) is 0 Å². The lowest BCUT2D eigenvalue weighted by Gasteiger charge is -2.09. The SMILES string of the molecule is CCC1=[O+]CCO1.CCC1=[O+]CCO1.[O-]B([O-])F. The topological polar surface area (TPSA) is 87.2 Å². The van der Waals surface area contributed by atoms with Crippen molar-refractivity contribution in [2.75, 3.05) is 26.4 Å². The highest BCUT2D eigenvalue weighted by molar-refractivity contribution is 6.27. The van der Waals surface area contributed by atoms with Crippen LogP contribution in [-0.2, 0) is 18.3 Å². The van der Waals surface area contributed by atoms with E-state index >= 15 is 0 Å². The van der Waals surface area contributed by atoms with Gasteiger partial charge < -0.3 is 32.7 Å². The van der Waals surface area contributed by atoms with Crippen molar-refractivity contribution < 1.29 is 32.7 Å². The molecular formula is C10H18BFO6. The average molecular weight is 264 g/mol. The summed E-state index contributed by atoms with van der Waals surface area (Å²) in [6.45, 7) is 6.99. The molecule has 0 aliphatic carbocycles. The fourth-order valence-corrected chi connectivity index (χ4v) is 1.11. The van der Waals surface area contributed by atoms with Crippen molar-refractivity contribution in [2.24, 2.45) is 0 Å². The first-order valence-electron chi connectivity index (χ1n) is 5.78. The van der Waals surface area contributed by atoms with E-state index < -0.39 is 7.40 Å². The molecule has 18 heavy (non-hydrogen) atoms. The number of cyclic esters (lactones) is 2. The molecule has 2 heterocycles. The maximum absolute atomic E-state index is 9.89. The van der Waals surface area contributed by atoms with E-state index in [1.54, 1.807) is 0 Å². The van der Waals surface area contributed by atoms with Crippen LogP contribution in [-0.4, -0.2) is 45.8 Å². The van der Waals surface area contributed by atoms with E-state index in [4.69, 9.17) is 28.4 Å². The van der Waals surface area contributed by atoms with Crippen LogP contribution in [0.1, 0.15) is 26.7 Å². The van der Waals surface area contributed by atoms with Crippen LogP contribution in [0.5, 0.6) is 0 Å². The molecule has 0 saturated heterocycles. The van der Waals surface area contributed by atoms with Crippen molar-refractivity contribution in [3.63, 3.8) is 0 Å². The van der Waals surface area contributed by atoms with Gasteiger partial charge in [0.15, 0.2) is 0 Å². The first-order chi connectivity index (χ1) is 8.60. The van der Waals surface area contributed by atoms with Crippen LogP contribution in [0.4, 0.5) is 4.32 Å². The van der Waals surface area contributed by atoms with E-state index in [1.807, 2.05) is 13.8 Å². The molecule has 0 spiro atoms. The van der Waals surface area contributed by atoms with Crippen molar-refractivity contribution in [2.45, 2.75) is 26.7 Å². The zero-order valence-electron chi connectivity index (χ0n) is 10.6. The number of ether oxygens (including phenoxy) is 2. The van der Waals surface area contributed by atoms with Gasteiger partial charge >= 0.3 is 11.9 Å². The Morgan fingerprint density at radius 3 is 1.50 bits per heavy atom. The molecule has 2 aliphatic rings. The van der Waals surface area contributed by atoms with E-state index in [1.165, 1.54) is 0 Å². The average Bonchev–Trinajstić information content (AvgIpc) is 3.02. The van der Waals surface area contributed by atoms with Crippen LogP contribution in [0.25, 0.3) is 0 Å². The van der Waals surface area contributed by atoms with Crippen molar-refractivity contribution in [1.29, 1.82) is 0 Å². The molecule has 0 saturated carbocycles. The fourth-order valence-electron chi connectivity index (χ4n) is 1.11. The molecule has 0 radical (unpaired) electrons. The first-order valence-corrected chi connectivity index (χ1v) is 5.78. The highest BCUT2D eigenvalue weighted by Crippen LogP contribution is 1.92. The van der Waals surface area contributed by atoms with E-state index in [0.717, 1.165) is 51.2 Å². The third kappa shape index (κ3) is 10.0. The summed E-state index contributed by atoms with van der Waals surface area (Å²) in [6.07, 6.45) is 1.78. The summed E-state index contributed by atoms with van der Waals surface area (Å²) in [4.78, 5) is 0. The highest BCUT2D eigenvalue weighted by Gasteiger charge is 2.18. The molecular weight excluding hydrogens is 246 g/mol. The van der Waals surface area contributed by atoms with Gasteiger partial charge in [-0.1, -0.05) is 0 Å². The minimum atomic E-state index is -3.17. The Bertz CT molecular complexity index is 242. The zero-order chi connectivity index (χ0) is 13.8. The standard InChI is InChI=1S/2C5H9O2.BFO2/c2*1-2-5-6-3-4-7-5;2-1(3)4/h2*2-4H2,1H3;/q2*+1;-2. The van der Waals surface area contributed by atoms with Gasteiger partial charge in [0, 0.05) is 0 Å². The van der Waals surface area contributed by atoms with Gasteiger partial charge in [0.05, 0.1) is 12.8 Å². The molecule has 0 amide bonds. The van der Waals surface area contributed by atoms with Gasteiger partial charge in [0.1, 0.15) is 7.40 Å². The smallest absolute Gasteiger partial charge is 0.484 e. The lowest BCUT2D eigenvalue weighted by Crippen LogP contribution is -2.39. The largest absolute Gasteiger partial charge is 0.867 e. The van der Waals surface area contributed by atoms with Crippen molar-refractivity contribution >= 4 is 19.3 Å². The van der Waals surface area contributed by atoms with E-state index in [2.05, 4.69) is 0 Å². The molecule has 0 N–H and O–H groups in total. The summed E-state index contributed by atoms with van der Waals surface area (Å²) in [5, 5.41) is 16.6. The molecule has 2 rings (SSSR count). The van der Waals surface area contributed by atoms with Crippen LogP contribution >= 0.6 is 0 Å². The van der Waals surface area contributed by atoms with Crippen LogP contribution in [0.3, 0.4) is 0 Å². The number of esters is 2. The summed E-state index contributed by atoms with van der Waals surface area (Å²) in [7, 11) is -3.17. The molecule has 0 fully saturated rings. The Labute approximate surface area is 106 Å². The number of carbonyl (C=O) groups excluding carboxylic acids is 2. The van der Waals surface area contributed by atoms with E-state index in [9.17, 15) is 4.32 Å². The maximum atomic E-state index is 9.89. The summed E-state index contributed by atoms with van der Waals surface area (Å²) in [5.74, 6) is 1.58. The van der Waals surface area contributed by atoms with E-state index in [-0.39, 0.29) is 0 Å². The number of halogens is 1. The van der Waals surface area contributed by atoms with Gasteiger partial charge in [-0.15, -0.1) is 0 Å². The minimum Gasteiger partial charge on any atom is -0.867 e. The van der Waals surface area contributed by atoms with Gasteiger partial charge in [0.25, 0.3) is 0 Å². The summed E-state index contributed by atoms with van der Waals surface area (Å²) in [6, 6.07) is 0. The van der Waals surface area contributed by atoms with Crippen molar-refractivity contribution in [3.8, 4) is 0 Å². The molecule has 0 bridgehead atoms. The van der Waals surface area contributed by atoms with Crippen LogP contribution in [0, 0.1) is 0 Å². The second-order valence-corrected chi connectivity index (χ2v) is 3.12. The number of hydrogen-bond acceptors (Lipinski definition) is 4. The Morgan fingerprint density at radius 1 is 1.06 bits per heavy atom. The Balaban J connectivity index is 0.000000253. The third-order valence-electron chi connectivity index (χ3n) is 1.80. The molecule has 0 atom stereocenters. The monoisotopic (exact) mass is 264 g/mol. The lowest BCUT2D eigenvalue weighted by atomic mass is 10.3. The quantitative estimate of drug-likeness (QED) is 0.350. The Kier molecular flexibility index (Phi) is 10.3. The van der Waals surface area contributed by atoms with Gasteiger partial charge in [-0.2, -0.15) is 0 Å². The molecule has 6 nitrogen and oxygen atoms in total. The van der Waals surface area contributed by atoms with Gasteiger partial charge in [-0.05, 0) is 13.8 Å². The number of rotatable bonds is 2. The van der Waals surface area contributed by atoms with Gasteiger partial charge in [-0.3, -0.25) is 0 Å². The van der Waals surface area contributed by atoms with E-state index in [0.29, 0.717) is 0 Å². The lowest BCUT2D eigenvalue weighted by molar-refractivity contribution is -0.446. The summed E-state index contributed by atoms with van der Waals surface area (Å²) < 4.78 is 29.9. The second-order valence-electron chi connectivity index (χ2n) is 3.12. The summed E-state index contributed by atoms with van der Waals surface area (Å²) >= 11 is 0. The Hall–Kier alpha value is -1.15. The molecule has 0 unspecified atom stereocenters. The van der Waals surface area contributed by atoms with Crippen molar-refractivity contribution in [1.82, 2.24) is 0 Å². The normalized spacial score (nSPS) is 16.1. The summed E-state index contributed by atoms with van der Waals surface area (Å²) in [5.41, 5.74) is 0. The van der Waals surface area contributed by atoms with Crippen LogP contribution in [0.15, 0.2) is 0 Å². The molecule has 0 aromatic heterocycles.